The van der Waals surface area contributed by atoms with Crippen LogP contribution < -0.4 is 75.3 Å². The normalized spacial score (nSPS) is 13.6. The zero-order valence-corrected chi connectivity index (χ0v) is 49.5. The number of imidazole rings is 3. The first-order chi connectivity index (χ1) is 42.7. The molecule has 4 aromatic rings. The van der Waals surface area contributed by atoms with Crippen LogP contribution in [0.15, 0.2) is 67.9 Å². The van der Waals surface area contributed by atoms with Gasteiger partial charge in [0.15, 0.2) is 0 Å². The highest BCUT2D eigenvalue weighted by atomic mass is 16.4. The zero-order valence-electron chi connectivity index (χ0n) is 49.5. The molecule has 8 atom stereocenters. The number of amides is 13. The molecule has 0 unspecified atom stereocenters. The Labute approximate surface area is 513 Å². The standard InChI is InChI=1S/C54H76N20O16/c1-27(2)45(53(89)71-36(14-32-17-59-26-67-32)49(85)64-22-43(81)82)73-41(79)20-61-48(84)35(13-31-16-58-25-66-31)70-51(87)33(10-11-38(55)76)68-39(77)18-60-47(83)34(12-30-15-57-24-65-30)69-40(78)19-62-50(86)37(23-75)72-54(90)46(28(3)4)74-42(80)21-63-52(88)44(56)29-8-6-5-7-9-29/h5-9,15-17,24-28,33-37,44-46,75H,10-14,18-23,56H2,1-4H3,(H2,55,76)(H,57,65)(H,58,66)(H,59,67)(H,60,83)(H,61,84)(H,62,86)(H,63,88)(H,64,85)(H,68,77)(H,69,78)(H,70,87)(H,71,89)(H,72,90)(H,73,79)(H,74,80)(H,81,82)/t33-,34-,35-,36-,37-,44-,45-,46-/m0/s1. The summed E-state index contributed by atoms with van der Waals surface area (Å²) in [5.41, 5.74) is 12.9. The zero-order chi connectivity index (χ0) is 66.5. The van der Waals surface area contributed by atoms with Crippen molar-refractivity contribution in [2.45, 2.75) is 108 Å². The molecular formula is C54H76N20O16. The van der Waals surface area contributed by atoms with Gasteiger partial charge in [-0.3, -0.25) is 67.1 Å². The summed E-state index contributed by atoms with van der Waals surface area (Å²) in [4.78, 5) is 203. The van der Waals surface area contributed by atoms with Crippen molar-refractivity contribution in [3.05, 3.63) is 90.5 Å². The number of aliphatic carboxylic acids is 1. The van der Waals surface area contributed by atoms with Crippen molar-refractivity contribution in [1.82, 2.24) is 93.7 Å². The number of benzene rings is 1. The van der Waals surface area contributed by atoms with Gasteiger partial charge in [0, 0.05) is 61.4 Å². The summed E-state index contributed by atoms with van der Waals surface area (Å²) in [5, 5.41) is 47.7. The molecule has 13 amide bonds. The summed E-state index contributed by atoms with van der Waals surface area (Å²) < 4.78 is 0. The van der Waals surface area contributed by atoms with Crippen molar-refractivity contribution in [3.63, 3.8) is 0 Å². The molecule has 90 heavy (non-hydrogen) atoms. The third-order valence-corrected chi connectivity index (χ3v) is 13.1. The number of carboxylic acids is 1. The maximum absolute atomic E-state index is 13.9. The molecule has 0 aliphatic heterocycles. The fourth-order valence-corrected chi connectivity index (χ4v) is 8.28. The van der Waals surface area contributed by atoms with E-state index in [1.165, 1.54) is 37.6 Å². The van der Waals surface area contributed by atoms with Gasteiger partial charge in [0.25, 0.3) is 0 Å². The minimum Gasteiger partial charge on any atom is -0.480 e. The number of carboxylic acid groups (broad SMARTS) is 1. The average molecular weight is 1260 g/mol. The van der Waals surface area contributed by atoms with Gasteiger partial charge in [0.2, 0.25) is 76.8 Å². The van der Waals surface area contributed by atoms with Crippen LogP contribution in [0.25, 0.3) is 0 Å². The van der Waals surface area contributed by atoms with Crippen LogP contribution in [0.1, 0.15) is 69.2 Å². The van der Waals surface area contributed by atoms with Crippen molar-refractivity contribution in [2.24, 2.45) is 23.3 Å². The molecule has 0 radical (unpaired) electrons. The summed E-state index contributed by atoms with van der Waals surface area (Å²) in [5.74, 6) is -14.2. The molecule has 0 saturated carbocycles. The van der Waals surface area contributed by atoms with E-state index in [0.29, 0.717) is 22.6 Å². The van der Waals surface area contributed by atoms with Crippen LogP contribution >= 0.6 is 0 Å². The number of H-pyrrole nitrogens is 3. The van der Waals surface area contributed by atoms with Crippen LogP contribution in [0.5, 0.6) is 0 Å². The molecule has 36 nitrogen and oxygen atoms in total. The van der Waals surface area contributed by atoms with E-state index >= 15 is 0 Å². The Morgan fingerprint density at radius 2 is 0.811 bits per heavy atom. The lowest BCUT2D eigenvalue weighted by atomic mass is 10.0. The third-order valence-electron chi connectivity index (χ3n) is 13.1. The lowest BCUT2D eigenvalue weighted by molar-refractivity contribution is -0.138. The number of carbonyl (C=O) groups excluding carboxylic acids is 13. The van der Waals surface area contributed by atoms with Gasteiger partial charge in [-0.25, -0.2) is 15.0 Å². The molecule has 3 aromatic heterocycles. The van der Waals surface area contributed by atoms with Gasteiger partial charge in [0.05, 0.1) is 51.8 Å². The quantitative estimate of drug-likeness (QED) is 0.0198. The summed E-state index contributed by atoms with van der Waals surface area (Å²) >= 11 is 0. The maximum Gasteiger partial charge on any atom is 0.322 e. The molecule has 488 valence electrons. The molecule has 0 aliphatic rings. The van der Waals surface area contributed by atoms with Crippen LogP contribution in [-0.2, 0) is 86.4 Å². The van der Waals surface area contributed by atoms with E-state index in [0.717, 1.165) is 0 Å². The molecule has 0 bridgehead atoms. The number of hydrogen-bond donors (Lipinski definition) is 19. The van der Waals surface area contributed by atoms with Crippen molar-refractivity contribution < 1.29 is 77.3 Å². The topological polar surface area (TPSA) is 562 Å². The third kappa shape index (κ3) is 25.0. The van der Waals surface area contributed by atoms with E-state index in [-0.39, 0.29) is 19.3 Å². The lowest BCUT2D eigenvalue weighted by Crippen LogP contribution is -2.58. The highest BCUT2D eigenvalue weighted by Gasteiger charge is 2.34. The second-order valence-corrected chi connectivity index (χ2v) is 20.9. The number of aromatic nitrogens is 6. The molecule has 0 fully saturated rings. The largest absolute Gasteiger partial charge is 0.480 e. The monoisotopic (exact) mass is 1260 g/mol. The molecule has 3 heterocycles. The number of primary amides is 1. The van der Waals surface area contributed by atoms with Crippen molar-refractivity contribution >= 4 is 82.8 Å². The van der Waals surface area contributed by atoms with Gasteiger partial charge in [-0.2, -0.15) is 0 Å². The molecule has 4 rings (SSSR count). The van der Waals surface area contributed by atoms with Crippen molar-refractivity contribution in [3.8, 4) is 0 Å². The lowest BCUT2D eigenvalue weighted by Gasteiger charge is -2.25. The number of nitrogens with zero attached hydrogens (tertiary/aromatic N) is 3. The van der Waals surface area contributed by atoms with Gasteiger partial charge in [0.1, 0.15) is 54.9 Å². The Balaban J connectivity index is 1.35. The predicted octanol–water partition coefficient (Wildman–Crippen LogP) is -7.79. The van der Waals surface area contributed by atoms with Gasteiger partial charge in [-0.1, -0.05) is 58.0 Å². The Hall–Kier alpha value is -10.7. The van der Waals surface area contributed by atoms with Crippen LogP contribution in [0, 0.1) is 11.8 Å². The first kappa shape index (κ1) is 71.8. The smallest absolute Gasteiger partial charge is 0.322 e. The summed E-state index contributed by atoms with van der Waals surface area (Å²) in [6.07, 6.45) is 6.42. The van der Waals surface area contributed by atoms with Crippen molar-refractivity contribution in [2.75, 3.05) is 39.3 Å². The first-order valence-corrected chi connectivity index (χ1v) is 28.0. The Morgan fingerprint density at radius 1 is 0.456 bits per heavy atom. The van der Waals surface area contributed by atoms with E-state index in [9.17, 15) is 72.2 Å². The highest BCUT2D eigenvalue weighted by molar-refractivity contribution is 5.98. The molecular weight excluding hydrogens is 1180 g/mol. The molecule has 0 spiro atoms. The summed E-state index contributed by atoms with van der Waals surface area (Å²) in [6, 6.07) is -2.78. The summed E-state index contributed by atoms with van der Waals surface area (Å²) in [7, 11) is 0. The molecule has 21 N–H and O–H groups in total. The van der Waals surface area contributed by atoms with Crippen LogP contribution in [0.4, 0.5) is 0 Å². The number of rotatable bonds is 38. The highest BCUT2D eigenvalue weighted by Crippen LogP contribution is 2.11. The summed E-state index contributed by atoms with van der Waals surface area (Å²) in [6.45, 7) is 1.66. The molecule has 0 saturated heterocycles. The van der Waals surface area contributed by atoms with Gasteiger partial charge in [-0.05, 0) is 23.8 Å². The molecule has 1 aromatic carbocycles. The number of aliphatic hydroxyl groups is 1. The minimum atomic E-state index is -1.65. The minimum absolute atomic E-state index is 0.130. The van der Waals surface area contributed by atoms with Gasteiger partial charge >= 0.3 is 5.97 Å². The van der Waals surface area contributed by atoms with Crippen LogP contribution in [-0.4, -0.2) is 205 Å². The van der Waals surface area contributed by atoms with E-state index in [2.05, 4.69) is 93.7 Å². The maximum atomic E-state index is 13.9. The average Bonchev–Trinajstić information content (AvgIpc) is 4.53. The van der Waals surface area contributed by atoms with Crippen LogP contribution in [0.3, 0.4) is 0 Å². The number of aromatic amines is 3. The van der Waals surface area contributed by atoms with Crippen LogP contribution in [0.2, 0.25) is 0 Å². The number of nitrogens with two attached hydrogens (primary N) is 2. The predicted molar refractivity (Wildman–Crippen MR) is 312 cm³/mol. The molecule has 0 aliphatic carbocycles. The number of nitrogens with one attached hydrogen (secondary N) is 15. The fourth-order valence-electron chi connectivity index (χ4n) is 8.28. The second-order valence-electron chi connectivity index (χ2n) is 20.9. The first-order valence-electron chi connectivity index (χ1n) is 28.0. The van der Waals surface area contributed by atoms with Crippen molar-refractivity contribution in [1.29, 1.82) is 0 Å². The SMILES string of the molecule is CC(C)[C@H](NC(=O)CNC(=O)[C@@H](N)c1ccccc1)C(=O)N[C@@H](CO)C(=O)NCC(=O)N[C@@H](Cc1cnc[nH]1)C(=O)NCC(=O)N[C@@H](CCC(N)=O)C(=O)N[C@@H](Cc1cnc[nH]1)C(=O)NCC(=O)N[C@H](C(=O)N[C@@H](Cc1cnc[nH]1)C(=O)NCC(=O)O)C(C)C. The number of aliphatic hydroxyl groups excluding tert-OH is 1. The Bertz CT molecular complexity index is 3090. The van der Waals surface area contributed by atoms with E-state index in [1.807, 2.05) is 0 Å². The Kier molecular flexibility index (Phi) is 29.1. The number of carbonyl (C=O) groups is 14. The fraction of sp³-hybridized carbons (Fsp3) is 0.463. The van der Waals surface area contributed by atoms with Gasteiger partial charge in [-0.15, -0.1) is 0 Å². The Morgan fingerprint density at radius 3 is 1.19 bits per heavy atom. The van der Waals surface area contributed by atoms with Gasteiger partial charge < -0.3 is 100 Å². The van der Waals surface area contributed by atoms with E-state index in [1.54, 1.807) is 58.0 Å². The van der Waals surface area contributed by atoms with E-state index in [4.69, 9.17) is 16.6 Å². The molecule has 36 heteroatoms. The van der Waals surface area contributed by atoms with E-state index < -0.39 is 195 Å². The number of hydrogen-bond acceptors (Lipinski definition) is 19. The second kappa shape index (κ2) is 36.5.